The van der Waals surface area contributed by atoms with Gasteiger partial charge in [-0.3, -0.25) is 0 Å². The van der Waals surface area contributed by atoms with Crippen molar-refractivity contribution in [1.82, 2.24) is 9.97 Å². The van der Waals surface area contributed by atoms with Gasteiger partial charge in [0.2, 0.25) is 0 Å². The van der Waals surface area contributed by atoms with E-state index in [2.05, 4.69) is 194 Å². The highest BCUT2D eigenvalue weighted by Gasteiger charge is 2.75. The second-order valence-corrected chi connectivity index (χ2v) is 20.3. The maximum absolute atomic E-state index is 5.51. The lowest BCUT2D eigenvalue weighted by Crippen LogP contribution is -3.07. The van der Waals surface area contributed by atoms with E-state index in [0.29, 0.717) is 11.8 Å². The van der Waals surface area contributed by atoms with Gasteiger partial charge in [0.15, 0.2) is 0 Å². The molecule has 46 heavy (non-hydrogen) atoms. The Bertz CT molecular complexity index is 1680. The van der Waals surface area contributed by atoms with E-state index in [1.165, 1.54) is 20.7 Å². The minimum absolute atomic E-state index is 0.302. The van der Waals surface area contributed by atoms with Crippen LogP contribution in [0.5, 0.6) is 0 Å². The summed E-state index contributed by atoms with van der Waals surface area (Å²) in [6, 6.07) is 57.8. The van der Waals surface area contributed by atoms with Crippen LogP contribution in [0.3, 0.4) is 0 Å². The van der Waals surface area contributed by atoms with Crippen molar-refractivity contribution in [2.45, 2.75) is 39.5 Å². The summed E-state index contributed by atoms with van der Waals surface area (Å²) in [5.41, 5.74) is 2.20. The fourth-order valence-electron chi connectivity index (χ4n) is 7.11. The Labute approximate surface area is 275 Å². The van der Waals surface area contributed by atoms with Gasteiger partial charge in [0.1, 0.15) is 11.6 Å². The zero-order valence-corrected chi connectivity index (χ0v) is 29.0. The quantitative estimate of drug-likeness (QED) is 0.178. The summed E-state index contributed by atoms with van der Waals surface area (Å²) in [6.45, 7) is 8.92. The molecule has 1 fully saturated rings. The first kappa shape index (κ1) is 29.9. The van der Waals surface area contributed by atoms with Crippen molar-refractivity contribution < 1.29 is 0 Å². The highest BCUT2D eigenvalue weighted by molar-refractivity contribution is 7.38. The number of hydrogen-bond acceptors (Lipinski definition) is 4. The fourth-order valence-corrected chi connectivity index (χ4v) is 22.1. The van der Waals surface area contributed by atoms with Crippen LogP contribution in [-0.4, -0.2) is 26.8 Å². The largest absolute Gasteiger partial charge is 0.363 e. The number of aromatic nitrogens is 2. The summed E-state index contributed by atoms with van der Waals surface area (Å²) < 4.78 is 5.65. The van der Waals surface area contributed by atoms with Gasteiger partial charge in [-0.15, -0.1) is 0 Å². The van der Waals surface area contributed by atoms with E-state index in [4.69, 9.17) is 9.97 Å². The van der Waals surface area contributed by atoms with E-state index in [0.717, 1.165) is 23.0 Å². The molecular weight excluding hydrogens is 593 g/mol. The molecule has 7 rings (SSSR count). The first-order valence-corrected chi connectivity index (χ1v) is 20.0. The van der Waals surface area contributed by atoms with Crippen molar-refractivity contribution in [3.05, 3.63) is 169 Å². The number of benzene rings is 4. The van der Waals surface area contributed by atoms with Crippen LogP contribution in [0.2, 0.25) is 0 Å². The second-order valence-electron chi connectivity index (χ2n) is 12.6. The second kappa shape index (κ2) is 12.2. The molecule has 0 saturated carbocycles. The van der Waals surface area contributed by atoms with Gasteiger partial charge in [-0.05, 0) is 56.8 Å². The van der Waals surface area contributed by atoms with Crippen molar-refractivity contribution in [3.8, 4) is 0 Å². The Morgan fingerprint density at radius 1 is 0.370 bits per heavy atom. The third-order valence-corrected chi connectivity index (χ3v) is 21.1. The summed E-state index contributed by atoms with van der Waals surface area (Å²) in [5.74, 6) is 2.66. The molecule has 1 aliphatic rings. The van der Waals surface area contributed by atoms with Crippen molar-refractivity contribution in [1.29, 1.82) is 0 Å². The average Bonchev–Trinajstić information content (AvgIpc) is 3.10. The van der Waals surface area contributed by atoms with Crippen LogP contribution in [0, 0.1) is 0 Å². The normalized spacial score (nSPS) is 15.2. The Balaban J connectivity index is 1.69. The lowest BCUT2D eigenvalue weighted by atomic mass is 10.1. The molecule has 6 heteroatoms. The van der Waals surface area contributed by atoms with Crippen molar-refractivity contribution >= 4 is 49.2 Å². The van der Waals surface area contributed by atoms with Gasteiger partial charge in [0.25, 0.3) is 0 Å². The Morgan fingerprint density at radius 3 is 0.913 bits per heavy atom. The molecular formula is C40H40N4Si2. The van der Waals surface area contributed by atoms with Gasteiger partial charge in [-0.25, -0.2) is 9.97 Å². The zero-order chi connectivity index (χ0) is 31.7. The van der Waals surface area contributed by atoms with E-state index >= 15 is 0 Å². The number of rotatable bonds is 8. The first-order chi connectivity index (χ1) is 22.5. The van der Waals surface area contributed by atoms with Gasteiger partial charge < -0.3 is 8.46 Å². The third-order valence-electron chi connectivity index (χ3n) is 9.15. The van der Waals surface area contributed by atoms with Crippen molar-refractivity contribution in [2.24, 2.45) is 0 Å². The SMILES string of the molecule is CC(C)c1cccc(N2[Si](c3ccccc3)(c3ccccc3)N(c3cccc(C(C)C)n3)[Si]2(c2ccccc2)c2ccccc2)n1. The lowest BCUT2D eigenvalue weighted by Gasteiger charge is -2.71. The molecule has 1 aliphatic heterocycles. The van der Waals surface area contributed by atoms with Gasteiger partial charge in [-0.2, -0.15) is 0 Å². The number of anilines is 2. The van der Waals surface area contributed by atoms with Crippen LogP contribution in [0.15, 0.2) is 158 Å². The fraction of sp³-hybridized carbons (Fsp3) is 0.150. The van der Waals surface area contributed by atoms with E-state index < -0.39 is 16.8 Å². The topological polar surface area (TPSA) is 32.3 Å². The Hall–Kier alpha value is -4.79. The molecule has 0 aliphatic carbocycles. The van der Waals surface area contributed by atoms with Crippen LogP contribution in [0.1, 0.15) is 50.9 Å². The smallest absolute Gasteiger partial charge is 0.320 e. The van der Waals surface area contributed by atoms with E-state index in [-0.39, 0.29) is 0 Å². The molecule has 6 aromatic rings. The summed E-state index contributed by atoms with van der Waals surface area (Å²) >= 11 is 0. The highest BCUT2D eigenvalue weighted by atomic mass is 28.5. The molecule has 4 nitrogen and oxygen atoms in total. The standard InChI is InChI=1S/C40H40N4Si2/c1-31(2)37-27-17-29-39(41-37)43-45(33-19-9-5-10-20-33,34-21-11-6-12-22-34)44(40-30-18-28-38(42-40)32(3)4)46(43,35-23-13-7-14-24-35)36-25-15-8-16-26-36/h5-32H,1-4H3. The predicted octanol–water partition coefficient (Wildman–Crippen LogP) is 6.56. The van der Waals surface area contributed by atoms with Gasteiger partial charge >= 0.3 is 16.8 Å². The molecule has 2 aromatic heterocycles. The summed E-state index contributed by atoms with van der Waals surface area (Å²) in [4.78, 5) is 11.0. The lowest BCUT2D eigenvalue weighted by molar-refractivity contribution is 0.819. The molecule has 0 radical (unpaired) electrons. The molecule has 0 bridgehead atoms. The van der Waals surface area contributed by atoms with Crippen LogP contribution in [0.4, 0.5) is 11.6 Å². The van der Waals surface area contributed by atoms with Crippen LogP contribution >= 0.6 is 0 Å². The van der Waals surface area contributed by atoms with Crippen molar-refractivity contribution in [3.63, 3.8) is 0 Å². The first-order valence-electron chi connectivity index (χ1n) is 16.3. The van der Waals surface area contributed by atoms with Crippen LogP contribution in [-0.2, 0) is 0 Å². The van der Waals surface area contributed by atoms with E-state index in [1.807, 2.05) is 0 Å². The van der Waals surface area contributed by atoms with Gasteiger partial charge in [0.05, 0.1) is 0 Å². The molecule has 0 amide bonds. The summed E-state index contributed by atoms with van der Waals surface area (Å²) in [7, 11) is -6.10. The average molecular weight is 633 g/mol. The molecule has 0 atom stereocenters. The predicted molar refractivity (Wildman–Crippen MR) is 197 cm³/mol. The number of pyridine rings is 2. The van der Waals surface area contributed by atoms with E-state index in [9.17, 15) is 0 Å². The molecule has 1 saturated heterocycles. The molecule has 228 valence electrons. The summed E-state index contributed by atoms with van der Waals surface area (Å²) in [5, 5.41) is 5.24. The minimum Gasteiger partial charge on any atom is -0.363 e. The Kier molecular flexibility index (Phi) is 7.93. The molecule has 0 spiro atoms. The zero-order valence-electron chi connectivity index (χ0n) is 27.0. The monoisotopic (exact) mass is 632 g/mol. The van der Waals surface area contributed by atoms with Crippen LogP contribution < -0.4 is 29.2 Å². The van der Waals surface area contributed by atoms with Crippen molar-refractivity contribution in [2.75, 3.05) is 8.46 Å². The summed E-state index contributed by atoms with van der Waals surface area (Å²) in [6.07, 6.45) is 0. The number of nitrogens with zero attached hydrogens (tertiary/aromatic N) is 4. The molecule has 4 aromatic carbocycles. The highest BCUT2D eigenvalue weighted by Crippen LogP contribution is 2.44. The molecule has 0 unspecified atom stereocenters. The van der Waals surface area contributed by atoms with Gasteiger partial charge in [0, 0.05) is 11.4 Å². The third kappa shape index (κ3) is 4.63. The number of hydrogen-bond donors (Lipinski definition) is 0. The Morgan fingerprint density at radius 2 is 0.652 bits per heavy atom. The maximum atomic E-state index is 5.51. The minimum atomic E-state index is -3.05. The molecule has 0 N–H and O–H groups in total. The maximum Gasteiger partial charge on any atom is 0.320 e. The van der Waals surface area contributed by atoms with Gasteiger partial charge in [-0.1, -0.05) is 161 Å². The van der Waals surface area contributed by atoms with Crippen LogP contribution in [0.25, 0.3) is 0 Å². The van der Waals surface area contributed by atoms with E-state index in [1.54, 1.807) is 0 Å². The molecule has 3 heterocycles.